The number of rotatable bonds is 3. The van der Waals surface area contributed by atoms with Gasteiger partial charge < -0.3 is 24.3 Å². The molecule has 0 amide bonds. The Labute approximate surface area is 291 Å². The summed E-state index contributed by atoms with van der Waals surface area (Å²) in [7, 11) is 0. The first kappa shape index (κ1) is 32.7. The minimum absolute atomic E-state index is 0.0477. The van der Waals surface area contributed by atoms with Crippen molar-refractivity contribution in [1.29, 1.82) is 0 Å². The molecule has 0 spiro atoms. The van der Waals surface area contributed by atoms with Crippen LogP contribution < -0.4 is 5.56 Å². The van der Waals surface area contributed by atoms with E-state index in [1.165, 1.54) is 30.4 Å². The Balaban J connectivity index is 0.000000145. The maximum Gasteiger partial charge on any atom is 0.343 e. The summed E-state index contributed by atoms with van der Waals surface area (Å²) < 4.78 is 12.5. The van der Waals surface area contributed by atoms with Gasteiger partial charge in [0.15, 0.2) is 5.60 Å². The molecule has 0 radical (unpaired) electrons. The fourth-order valence-electron chi connectivity index (χ4n) is 9.88. The first-order chi connectivity index (χ1) is 24.1. The highest BCUT2D eigenvalue weighted by molar-refractivity contribution is 5.86. The third-order valence-electron chi connectivity index (χ3n) is 12.6. The fraction of sp³-hybridized carbons (Fsp3) is 0.463. The van der Waals surface area contributed by atoms with Crippen molar-refractivity contribution in [2.45, 2.75) is 103 Å². The van der Waals surface area contributed by atoms with Crippen molar-refractivity contribution in [2.24, 2.45) is 17.3 Å². The third-order valence-corrected chi connectivity index (χ3v) is 12.6. The SMILES string of the molecule is CCC(=O)OC1CCC2C3CCc4cc(O)ccc4C3CCC12C.CCC1(O)C(=O)OCc2c1cc1n(c2=O)Cc2cc3ccccc3nc2-1. The van der Waals surface area contributed by atoms with Crippen molar-refractivity contribution in [3.05, 3.63) is 92.8 Å². The van der Waals surface area contributed by atoms with Crippen LogP contribution in [0, 0.1) is 17.3 Å². The minimum Gasteiger partial charge on any atom is -0.508 e. The van der Waals surface area contributed by atoms with E-state index in [0.29, 0.717) is 53.3 Å². The standard InChI is InChI=1S/C21H28O3.C20H16N2O4/c1-3-20(23)24-19-9-8-18-17-6-4-13-12-14(22)5-7-15(13)16(17)10-11-21(18,19)2;1-2-20(25)14-8-16-17-12(7-11-5-3-4-6-15(11)21-17)9-22(16)18(23)13(14)10-26-19(20)24/h5,7,12,16-19,22H,3-4,6,8-11H2,1-2H3;3-8,25H,2,9-10H2,1H3. The summed E-state index contributed by atoms with van der Waals surface area (Å²) in [6, 6.07) is 17.5. The number of esters is 2. The number of cyclic esters (lactones) is 1. The molecule has 2 saturated carbocycles. The number of aryl methyl sites for hydroxylation is 1. The summed E-state index contributed by atoms with van der Waals surface area (Å²) >= 11 is 0. The lowest BCUT2D eigenvalue weighted by atomic mass is 9.55. The van der Waals surface area contributed by atoms with Gasteiger partial charge in [0.1, 0.15) is 18.5 Å². The molecule has 9 nitrogen and oxygen atoms in total. The van der Waals surface area contributed by atoms with Crippen molar-refractivity contribution in [1.82, 2.24) is 9.55 Å². The van der Waals surface area contributed by atoms with Crippen molar-refractivity contribution >= 4 is 22.8 Å². The summed E-state index contributed by atoms with van der Waals surface area (Å²) in [6.07, 6.45) is 7.52. The van der Waals surface area contributed by atoms with Crippen LogP contribution in [0.5, 0.6) is 5.75 Å². The molecule has 0 saturated heterocycles. The number of ether oxygens (including phenoxy) is 2. The largest absolute Gasteiger partial charge is 0.508 e. The maximum absolute atomic E-state index is 13.0. The topological polar surface area (TPSA) is 128 Å². The van der Waals surface area contributed by atoms with Crippen LogP contribution in [0.2, 0.25) is 0 Å². The Bertz CT molecular complexity index is 2100. The molecule has 4 heterocycles. The van der Waals surface area contributed by atoms with Crippen LogP contribution >= 0.6 is 0 Å². The predicted molar refractivity (Wildman–Crippen MR) is 187 cm³/mol. The number of phenolic OH excluding ortho intramolecular Hbond substituents is 1. The van der Waals surface area contributed by atoms with Crippen LogP contribution in [0.3, 0.4) is 0 Å². The molecule has 2 aliphatic heterocycles. The summed E-state index contributed by atoms with van der Waals surface area (Å²) in [5.41, 5.74) is 4.77. The minimum atomic E-state index is -1.79. The van der Waals surface area contributed by atoms with E-state index in [4.69, 9.17) is 14.5 Å². The third kappa shape index (κ3) is 4.99. The normalized spacial score (nSPS) is 28.5. The number of hydrogen-bond acceptors (Lipinski definition) is 8. The van der Waals surface area contributed by atoms with Gasteiger partial charge in [-0.1, -0.05) is 45.0 Å². The molecule has 50 heavy (non-hydrogen) atoms. The van der Waals surface area contributed by atoms with Crippen LogP contribution in [0.15, 0.2) is 59.4 Å². The van der Waals surface area contributed by atoms with Gasteiger partial charge in [-0.25, -0.2) is 9.78 Å². The van der Waals surface area contributed by atoms with Gasteiger partial charge >= 0.3 is 11.9 Å². The number of aliphatic hydroxyl groups is 1. The molecular weight excluding hydrogens is 632 g/mol. The lowest BCUT2D eigenvalue weighted by molar-refractivity contribution is -0.172. The van der Waals surface area contributed by atoms with Gasteiger partial charge in [0.2, 0.25) is 0 Å². The number of hydrogen-bond donors (Lipinski definition) is 2. The molecule has 3 aliphatic carbocycles. The molecule has 0 bridgehead atoms. The van der Waals surface area contributed by atoms with Gasteiger partial charge in [-0.3, -0.25) is 9.59 Å². The summed E-state index contributed by atoms with van der Waals surface area (Å²) in [6.45, 7) is 6.25. The Hall–Kier alpha value is -4.50. The summed E-state index contributed by atoms with van der Waals surface area (Å²) in [4.78, 5) is 41.7. The Morgan fingerprint density at radius 2 is 1.86 bits per heavy atom. The van der Waals surface area contributed by atoms with Crippen molar-refractivity contribution in [3.63, 3.8) is 0 Å². The number of carbonyl (C=O) groups is 2. The molecule has 4 aromatic rings. The van der Waals surface area contributed by atoms with Crippen LogP contribution in [-0.4, -0.2) is 37.8 Å². The van der Waals surface area contributed by atoms with E-state index in [0.717, 1.165) is 41.4 Å². The van der Waals surface area contributed by atoms with E-state index in [9.17, 15) is 24.6 Å². The molecule has 2 fully saturated rings. The van der Waals surface area contributed by atoms with Crippen molar-refractivity contribution < 1.29 is 29.3 Å². The quantitative estimate of drug-likeness (QED) is 0.204. The highest BCUT2D eigenvalue weighted by atomic mass is 16.6. The van der Waals surface area contributed by atoms with Crippen LogP contribution in [-0.2, 0) is 44.2 Å². The number of carbonyl (C=O) groups excluding carboxylic acids is 2. The van der Waals surface area contributed by atoms with Crippen LogP contribution in [0.1, 0.15) is 99.5 Å². The molecule has 260 valence electrons. The van der Waals surface area contributed by atoms with E-state index in [1.54, 1.807) is 17.6 Å². The number of para-hydroxylation sites is 1. The van der Waals surface area contributed by atoms with Gasteiger partial charge in [0, 0.05) is 28.3 Å². The molecule has 2 N–H and O–H groups in total. The fourth-order valence-corrected chi connectivity index (χ4v) is 9.88. The second-order valence-electron chi connectivity index (χ2n) is 15.0. The molecule has 6 unspecified atom stereocenters. The zero-order chi connectivity index (χ0) is 34.9. The number of aromatic nitrogens is 2. The second kappa shape index (κ2) is 12.1. The lowest BCUT2D eigenvalue weighted by Gasteiger charge is -2.50. The van der Waals surface area contributed by atoms with E-state index < -0.39 is 11.6 Å². The molecule has 9 heteroatoms. The number of nitrogens with zero attached hydrogens (tertiary/aromatic N) is 2. The van der Waals surface area contributed by atoms with E-state index in [-0.39, 0.29) is 36.1 Å². The maximum atomic E-state index is 13.0. The first-order valence-electron chi connectivity index (χ1n) is 18.1. The molecule has 2 aromatic heterocycles. The Morgan fingerprint density at radius 1 is 1.04 bits per heavy atom. The zero-order valence-electron chi connectivity index (χ0n) is 28.9. The van der Waals surface area contributed by atoms with E-state index >= 15 is 0 Å². The first-order valence-corrected chi connectivity index (χ1v) is 18.1. The lowest BCUT2D eigenvalue weighted by Crippen LogP contribution is -2.45. The number of benzene rings is 2. The highest BCUT2D eigenvalue weighted by Gasteiger charge is 2.56. The summed E-state index contributed by atoms with van der Waals surface area (Å²) in [5.74, 6) is 1.61. The van der Waals surface area contributed by atoms with Gasteiger partial charge in [0.05, 0.1) is 29.0 Å². The monoisotopic (exact) mass is 676 g/mol. The van der Waals surface area contributed by atoms with Crippen molar-refractivity contribution in [3.8, 4) is 17.1 Å². The second-order valence-corrected chi connectivity index (χ2v) is 15.0. The number of aromatic hydroxyl groups is 1. The molecule has 9 rings (SSSR count). The number of pyridine rings is 2. The molecule has 5 aliphatic rings. The van der Waals surface area contributed by atoms with Gasteiger partial charge in [-0.15, -0.1) is 0 Å². The highest BCUT2D eigenvalue weighted by Crippen LogP contribution is 2.61. The van der Waals surface area contributed by atoms with Gasteiger partial charge in [0.25, 0.3) is 5.56 Å². The Kier molecular flexibility index (Phi) is 7.90. The van der Waals surface area contributed by atoms with Crippen molar-refractivity contribution in [2.75, 3.05) is 0 Å². The van der Waals surface area contributed by atoms with E-state index in [2.05, 4.69) is 13.0 Å². The number of fused-ring (bicyclic) bond motifs is 10. The van der Waals surface area contributed by atoms with Crippen LogP contribution in [0.25, 0.3) is 22.3 Å². The summed E-state index contributed by atoms with van der Waals surface area (Å²) in [5, 5.41) is 21.6. The van der Waals surface area contributed by atoms with Crippen LogP contribution in [0.4, 0.5) is 0 Å². The van der Waals surface area contributed by atoms with E-state index in [1.807, 2.05) is 49.4 Å². The zero-order valence-corrected chi connectivity index (χ0v) is 28.9. The van der Waals surface area contributed by atoms with Gasteiger partial charge in [-0.2, -0.15) is 0 Å². The average Bonchev–Trinajstić information content (AvgIpc) is 3.65. The Morgan fingerprint density at radius 3 is 2.66 bits per heavy atom. The predicted octanol–water partition coefficient (Wildman–Crippen LogP) is 6.65. The molecular formula is C41H44N2O7. The molecule has 6 atom stereocenters. The average molecular weight is 677 g/mol. The molecule has 2 aromatic carbocycles. The van der Waals surface area contributed by atoms with Gasteiger partial charge in [-0.05, 0) is 104 Å². The smallest absolute Gasteiger partial charge is 0.343 e. The number of phenols is 1.